The highest BCUT2D eigenvalue weighted by Crippen LogP contribution is 2.18. The van der Waals surface area contributed by atoms with Crippen LogP contribution >= 0.6 is 0 Å². The average Bonchev–Trinajstić information content (AvgIpc) is 2.74. The molecule has 6 nitrogen and oxygen atoms in total. The number of hydrogen-bond acceptors (Lipinski definition) is 5. The molecule has 1 aromatic heterocycles. The molecule has 2 N–H and O–H groups in total. The molecule has 0 aliphatic carbocycles. The van der Waals surface area contributed by atoms with Gasteiger partial charge in [-0.1, -0.05) is 60.7 Å². The fraction of sp³-hybridized carbons (Fsp3) is 0.261. The van der Waals surface area contributed by atoms with Crippen molar-refractivity contribution >= 4 is 11.7 Å². The van der Waals surface area contributed by atoms with Crippen molar-refractivity contribution in [2.75, 3.05) is 39.0 Å². The van der Waals surface area contributed by atoms with Crippen LogP contribution in [0.15, 0.2) is 66.7 Å². The summed E-state index contributed by atoms with van der Waals surface area (Å²) in [5, 5.41) is 6.25. The van der Waals surface area contributed by atoms with Gasteiger partial charge in [0, 0.05) is 31.3 Å². The van der Waals surface area contributed by atoms with Gasteiger partial charge in [0.25, 0.3) is 5.91 Å². The van der Waals surface area contributed by atoms with Gasteiger partial charge in [-0.25, -0.2) is 9.97 Å². The molecule has 0 unspecified atom stereocenters. The lowest BCUT2D eigenvalue weighted by molar-refractivity contribution is 0.0949. The smallest absolute Gasteiger partial charge is 0.270 e. The Hall–Kier alpha value is -3.25. The first-order valence-electron chi connectivity index (χ1n) is 9.77. The van der Waals surface area contributed by atoms with Crippen LogP contribution in [0.2, 0.25) is 0 Å². The van der Waals surface area contributed by atoms with Gasteiger partial charge < -0.3 is 15.5 Å². The highest BCUT2D eigenvalue weighted by molar-refractivity contribution is 5.93. The van der Waals surface area contributed by atoms with Crippen LogP contribution in [0, 0.1) is 0 Å². The van der Waals surface area contributed by atoms with Gasteiger partial charge in [0.15, 0.2) is 5.82 Å². The predicted molar refractivity (Wildman–Crippen MR) is 117 cm³/mol. The summed E-state index contributed by atoms with van der Waals surface area (Å²) >= 11 is 0. The van der Waals surface area contributed by atoms with Gasteiger partial charge >= 0.3 is 0 Å². The van der Waals surface area contributed by atoms with Crippen molar-refractivity contribution in [2.24, 2.45) is 0 Å². The maximum Gasteiger partial charge on any atom is 0.270 e. The lowest BCUT2D eigenvalue weighted by Gasteiger charge is -2.13. The van der Waals surface area contributed by atoms with Crippen molar-refractivity contribution in [1.82, 2.24) is 20.2 Å². The van der Waals surface area contributed by atoms with Gasteiger partial charge in [-0.3, -0.25) is 4.79 Å². The molecule has 2 aromatic carbocycles. The second-order valence-corrected chi connectivity index (χ2v) is 7.05. The number of amides is 1. The summed E-state index contributed by atoms with van der Waals surface area (Å²) in [6, 6.07) is 21.5. The number of hydrogen-bond donors (Lipinski definition) is 2. The molecule has 0 fully saturated rings. The summed E-state index contributed by atoms with van der Waals surface area (Å²) in [6.45, 7) is 2.15. The fourth-order valence-electron chi connectivity index (χ4n) is 2.83. The van der Waals surface area contributed by atoms with Crippen LogP contribution in [0.1, 0.15) is 16.1 Å². The zero-order valence-electron chi connectivity index (χ0n) is 16.9. The zero-order valence-corrected chi connectivity index (χ0v) is 16.9. The minimum atomic E-state index is -0.198. The van der Waals surface area contributed by atoms with Crippen molar-refractivity contribution in [3.05, 3.63) is 78.0 Å². The molecule has 1 amide bonds. The molecule has 0 aliphatic rings. The molecule has 29 heavy (non-hydrogen) atoms. The number of likely N-dealkylation sites (N-methyl/N-ethyl adjacent to an activating group) is 1. The van der Waals surface area contributed by atoms with E-state index in [0.29, 0.717) is 23.9 Å². The van der Waals surface area contributed by atoms with Crippen LogP contribution in [0.5, 0.6) is 0 Å². The Balaban J connectivity index is 1.73. The second-order valence-electron chi connectivity index (χ2n) is 7.05. The Bertz CT molecular complexity index is 913. The first kappa shape index (κ1) is 20.5. The molecule has 0 saturated carbocycles. The van der Waals surface area contributed by atoms with Gasteiger partial charge in [0.05, 0.1) is 0 Å². The number of anilines is 1. The Labute approximate surface area is 172 Å². The first-order valence-corrected chi connectivity index (χ1v) is 9.77. The minimum Gasteiger partial charge on any atom is -0.369 e. The Morgan fingerprint density at radius 2 is 1.62 bits per heavy atom. The molecule has 0 aliphatic heterocycles. The standard InChI is InChI=1S/C23H27N5O/c1-28(2)16-15-24-21-17-20(26-22(27-21)19-11-7-4-8-12-19)23(29)25-14-13-18-9-5-3-6-10-18/h3-12,17H,13-16H2,1-2H3,(H,25,29)(H,24,26,27). The number of nitrogens with one attached hydrogen (secondary N) is 2. The van der Waals surface area contributed by atoms with Gasteiger partial charge in [-0.05, 0) is 26.1 Å². The molecule has 0 radical (unpaired) electrons. The molecular weight excluding hydrogens is 362 g/mol. The normalized spacial score (nSPS) is 10.7. The van der Waals surface area contributed by atoms with Crippen LogP contribution < -0.4 is 10.6 Å². The van der Waals surface area contributed by atoms with Gasteiger partial charge in [0.1, 0.15) is 11.5 Å². The fourth-order valence-corrected chi connectivity index (χ4v) is 2.83. The van der Waals surface area contributed by atoms with Crippen molar-refractivity contribution in [1.29, 1.82) is 0 Å². The Morgan fingerprint density at radius 1 is 0.931 bits per heavy atom. The lowest BCUT2D eigenvalue weighted by atomic mass is 10.1. The minimum absolute atomic E-state index is 0.198. The number of benzene rings is 2. The molecule has 0 bridgehead atoms. The van der Waals surface area contributed by atoms with Crippen LogP contribution in [0.4, 0.5) is 5.82 Å². The highest BCUT2D eigenvalue weighted by atomic mass is 16.1. The summed E-state index contributed by atoms with van der Waals surface area (Å²) in [5.41, 5.74) is 2.42. The number of carbonyl (C=O) groups excluding carboxylic acids is 1. The molecule has 1 heterocycles. The van der Waals surface area contributed by atoms with Gasteiger partial charge in [0.2, 0.25) is 0 Å². The summed E-state index contributed by atoms with van der Waals surface area (Å²) in [6.07, 6.45) is 0.775. The SMILES string of the molecule is CN(C)CCNc1cc(C(=O)NCCc2ccccc2)nc(-c2ccccc2)n1. The van der Waals surface area contributed by atoms with Crippen molar-refractivity contribution < 1.29 is 4.79 Å². The summed E-state index contributed by atoms with van der Waals surface area (Å²) < 4.78 is 0. The summed E-state index contributed by atoms with van der Waals surface area (Å²) in [5.74, 6) is 0.985. The first-order chi connectivity index (χ1) is 14.1. The molecule has 6 heteroatoms. The number of carbonyl (C=O) groups is 1. The molecule has 150 valence electrons. The van der Waals surface area contributed by atoms with E-state index in [1.54, 1.807) is 6.07 Å². The number of rotatable bonds is 9. The largest absolute Gasteiger partial charge is 0.369 e. The highest BCUT2D eigenvalue weighted by Gasteiger charge is 2.13. The van der Waals surface area contributed by atoms with Gasteiger partial charge in [-0.15, -0.1) is 0 Å². The van der Waals surface area contributed by atoms with Crippen molar-refractivity contribution in [3.63, 3.8) is 0 Å². The molecule has 3 aromatic rings. The summed E-state index contributed by atoms with van der Waals surface area (Å²) in [4.78, 5) is 23.9. The molecule has 3 rings (SSSR count). The second kappa shape index (κ2) is 10.3. The van der Waals surface area contributed by atoms with E-state index in [0.717, 1.165) is 25.1 Å². The maximum atomic E-state index is 12.7. The third-order valence-corrected chi connectivity index (χ3v) is 4.40. The van der Waals surface area contributed by atoms with E-state index < -0.39 is 0 Å². The zero-order chi connectivity index (χ0) is 20.5. The van der Waals surface area contributed by atoms with E-state index in [2.05, 4.69) is 37.6 Å². The van der Waals surface area contributed by atoms with Crippen LogP contribution in [-0.4, -0.2) is 54.5 Å². The van der Waals surface area contributed by atoms with E-state index in [1.165, 1.54) is 5.56 Å². The number of nitrogens with zero attached hydrogens (tertiary/aromatic N) is 3. The Morgan fingerprint density at radius 3 is 2.31 bits per heavy atom. The van der Waals surface area contributed by atoms with Crippen LogP contribution in [0.3, 0.4) is 0 Å². The Kier molecular flexibility index (Phi) is 7.30. The topological polar surface area (TPSA) is 70.2 Å². The van der Waals surface area contributed by atoms with Crippen LogP contribution in [0.25, 0.3) is 11.4 Å². The van der Waals surface area contributed by atoms with E-state index >= 15 is 0 Å². The van der Waals surface area contributed by atoms with E-state index in [1.807, 2.05) is 62.6 Å². The molecular formula is C23H27N5O. The molecule has 0 spiro atoms. The van der Waals surface area contributed by atoms with E-state index in [4.69, 9.17) is 0 Å². The molecule has 0 saturated heterocycles. The van der Waals surface area contributed by atoms with Gasteiger partial charge in [-0.2, -0.15) is 0 Å². The van der Waals surface area contributed by atoms with E-state index in [9.17, 15) is 4.79 Å². The average molecular weight is 390 g/mol. The quantitative estimate of drug-likeness (QED) is 0.589. The summed E-state index contributed by atoms with van der Waals surface area (Å²) in [7, 11) is 4.03. The lowest BCUT2D eigenvalue weighted by Crippen LogP contribution is -2.27. The predicted octanol–water partition coefficient (Wildman–Crippen LogP) is 3.09. The monoisotopic (exact) mass is 389 g/mol. The van der Waals surface area contributed by atoms with Crippen molar-refractivity contribution in [3.8, 4) is 11.4 Å². The van der Waals surface area contributed by atoms with Crippen LogP contribution in [-0.2, 0) is 6.42 Å². The third kappa shape index (κ3) is 6.40. The maximum absolute atomic E-state index is 12.7. The number of aromatic nitrogens is 2. The van der Waals surface area contributed by atoms with E-state index in [-0.39, 0.29) is 5.91 Å². The van der Waals surface area contributed by atoms with Crippen molar-refractivity contribution in [2.45, 2.75) is 6.42 Å². The third-order valence-electron chi connectivity index (χ3n) is 4.40. The molecule has 0 atom stereocenters.